The quantitative estimate of drug-likeness (QED) is 0.444. The number of halogens is 1. The van der Waals surface area contributed by atoms with Gasteiger partial charge in [0, 0.05) is 24.3 Å². The zero-order valence-corrected chi connectivity index (χ0v) is 19.3. The van der Waals surface area contributed by atoms with Gasteiger partial charge in [-0.15, -0.1) is 16.4 Å². The van der Waals surface area contributed by atoms with E-state index in [-0.39, 0.29) is 11.7 Å². The molecule has 2 aromatic carbocycles. The first-order valence-corrected chi connectivity index (χ1v) is 11.9. The van der Waals surface area contributed by atoms with E-state index in [0.717, 1.165) is 30.8 Å². The zero-order chi connectivity index (χ0) is 23.7. The number of rotatable bonds is 5. The molecule has 1 fully saturated rings. The number of carbonyl (C=O) groups is 2. The molecule has 3 heterocycles. The van der Waals surface area contributed by atoms with Gasteiger partial charge in [0.05, 0.1) is 10.6 Å². The Hall–Kier alpha value is -3.85. The Labute approximate surface area is 199 Å². The van der Waals surface area contributed by atoms with Crippen LogP contribution in [0.4, 0.5) is 10.1 Å². The summed E-state index contributed by atoms with van der Waals surface area (Å²) in [6.07, 6.45) is 2.01. The topological polar surface area (TPSA) is 80.1 Å². The zero-order valence-electron chi connectivity index (χ0n) is 18.5. The van der Waals surface area contributed by atoms with Crippen LogP contribution in [-0.2, 0) is 0 Å². The highest BCUT2D eigenvalue weighted by atomic mass is 32.1. The molecular weight excluding hydrogens is 453 g/mol. The highest BCUT2D eigenvalue weighted by Gasteiger charge is 2.24. The highest BCUT2D eigenvalue weighted by Crippen LogP contribution is 2.27. The van der Waals surface area contributed by atoms with Crippen LogP contribution in [0, 0.1) is 12.7 Å². The maximum atomic E-state index is 13.9. The van der Waals surface area contributed by atoms with Gasteiger partial charge < -0.3 is 10.2 Å². The van der Waals surface area contributed by atoms with E-state index in [1.54, 1.807) is 30.3 Å². The normalized spacial score (nSPS) is 13.3. The van der Waals surface area contributed by atoms with Gasteiger partial charge in [0.15, 0.2) is 5.82 Å². The number of hydrogen-bond donors (Lipinski definition) is 1. The number of amides is 2. The van der Waals surface area contributed by atoms with Crippen molar-refractivity contribution in [3.8, 4) is 16.4 Å². The van der Waals surface area contributed by atoms with Gasteiger partial charge in [0.25, 0.3) is 11.8 Å². The van der Waals surface area contributed by atoms with E-state index in [9.17, 15) is 14.0 Å². The lowest BCUT2D eigenvalue weighted by molar-refractivity contribution is 0.0791. The number of likely N-dealkylation sites (tertiary alicyclic amines) is 1. The third-order valence-corrected chi connectivity index (χ3v) is 6.68. The predicted molar refractivity (Wildman–Crippen MR) is 129 cm³/mol. The van der Waals surface area contributed by atoms with Crippen LogP contribution in [0.2, 0.25) is 0 Å². The van der Waals surface area contributed by atoms with Crippen molar-refractivity contribution in [2.45, 2.75) is 19.8 Å². The van der Waals surface area contributed by atoms with E-state index in [1.807, 2.05) is 29.3 Å². The second-order valence-electron chi connectivity index (χ2n) is 8.06. The fourth-order valence-electron chi connectivity index (χ4n) is 4.03. The van der Waals surface area contributed by atoms with Gasteiger partial charge in [-0.05, 0) is 67.1 Å². The first-order valence-electron chi connectivity index (χ1n) is 11.0. The Bertz CT molecular complexity index is 1360. The van der Waals surface area contributed by atoms with Crippen molar-refractivity contribution in [3.05, 3.63) is 82.7 Å². The third-order valence-electron chi connectivity index (χ3n) is 5.81. The summed E-state index contributed by atoms with van der Waals surface area (Å²) < 4.78 is 15.3. The lowest BCUT2D eigenvalue weighted by atomic mass is 10.1. The molecule has 1 saturated heterocycles. The number of aromatic nitrogens is 3. The van der Waals surface area contributed by atoms with Crippen LogP contribution in [0.15, 0.2) is 60.0 Å². The standard InChI is InChI=1S/C25H22FN5O2S/c1-16-19(25(33)30-12-2-3-13-30)9-5-10-20(16)27-24(32)22-28-23(21-11-6-14-34-21)31(29-22)18-8-4-7-17(26)15-18/h4-11,14-15H,2-3,12-13H2,1H3,(H,27,32). The van der Waals surface area contributed by atoms with E-state index < -0.39 is 11.7 Å². The number of benzene rings is 2. The number of thiophene rings is 1. The van der Waals surface area contributed by atoms with Gasteiger partial charge >= 0.3 is 0 Å². The molecule has 34 heavy (non-hydrogen) atoms. The summed E-state index contributed by atoms with van der Waals surface area (Å²) in [4.78, 5) is 33.1. The van der Waals surface area contributed by atoms with E-state index in [4.69, 9.17) is 0 Å². The van der Waals surface area contributed by atoms with E-state index in [2.05, 4.69) is 15.4 Å². The van der Waals surface area contributed by atoms with Crippen LogP contribution in [0.5, 0.6) is 0 Å². The monoisotopic (exact) mass is 475 g/mol. The average molecular weight is 476 g/mol. The molecule has 7 nitrogen and oxygen atoms in total. The Morgan fingerprint density at radius 1 is 1.06 bits per heavy atom. The van der Waals surface area contributed by atoms with E-state index in [0.29, 0.717) is 28.3 Å². The minimum Gasteiger partial charge on any atom is -0.339 e. The van der Waals surface area contributed by atoms with Crippen LogP contribution < -0.4 is 5.32 Å². The first kappa shape index (κ1) is 22.0. The Balaban J connectivity index is 1.46. The second-order valence-corrected chi connectivity index (χ2v) is 9.01. The first-order chi connectivity index (χ1) is 16.5. The summed E-state index contributed by atoms with van der Waals surface area (Å²) in [7, 11) is 0. The van der Waals surface area contributed by atoms with Gasteiger partial charge in [-0.2, -0.15) is 0 Å². The molecule has 1 N–H and O–H groups in total. The number of carbonyl (C=O) groups excluding carboxylic acids is 2. The average Bonchev–Trinajstić information content (AvgIpc) is 3.61. The van der Waals surface area contributed by atoms with Crippen molar-refractivity contribution >= 4 is 28.8 Å². The molecule has 0 bridgehead atoms. The second kappa shape index (κ2) is 9.18. The lowest BCUT2D eigenvalue weighted by Crippen LogP contribution is -2.28. The fraction of sp³-hybridized carbons (Fsp3) is 0.200. The Kier molecular flexibility index (Phi) is 5.93. The van der Waals surface area contributed by atoms with E-state index in [1.165, 1.54) is 28.2 Å². The molecule has 4 aromatic rings. The third kappa shape index (κ3) is 4.22. The van der Waals surface area contributed by atoms with Crippen molar-refractivity contribution in [1.29, 1.82) is 0 Å². The molecule has 2 amide bonds. The van der Waals surface area contributed by atoms with Gasteiger partial charge in [0.2, 0.25) is 5.82 Å². The van der Waals surface area contributed by atoms with Gasteiger partial charge in [0.1, 0.15) is 5.82 Å². The number of anilines is 1. The summed E-state index contributed by atoms with van der Waals surface area (Å²) in [5, 5.41) is 9.12. The van der Waals surface area contributed by atoms with Crippen molar-refractivity contribution in [1.82, 2.24) is 19.7 Å². The number of nitrogens with one attached hydrogen (secondary N) is 1. The minimum atomic E-state index is -0.512. The number of nitrogens with zero attached hydrogens (tertiary/aromatic N) is 4. The molecular formula is C25H22FN5O2S. The molecule has 2 aromatic heterocycles. The molecule has 1 aliphatic rings. The molecule has 5 rings (SSSR count). The van der Waals surface area contributed by atoms with Gasteiger partial charge in [-0.25, -0.2) is 14.1 Å². The van der Waals surface area contributed by atoms with Crippen molar-refractivity contribution < 1.29 is 14.0 Å². The van der Waals surface area contributed by atoms with Crippen LogP contribution in [0.3, 0.4) is 0 Å². The van der Waals surface area contributed by atoms with Crippen molar-refractivity contribution in [2.75, 3.05) is 18.4 Å². The molecule has 9 heteroatoms. The minimum absolute atomic E-state index is 0.0282. The summed E-state index contributed by atoms with van der Waals surface area (Å²) in [5.74, 6) is -0.559. The van der Waals surface area contributed by atoms with Gasteiger partial charge in [-0.1, -0.05) is 18.2 Å². The molecule has 0 aliphatic carbocycles. The Morgan fingerprint density at radius 2 is 1.85 bits per heavy atom. The van der Waals surface area contributed by atoms with Crippen molar-refractivity contribution in [3.63, 3.8) is 0 Å². The maximum absolute atomic E-state index is 13.9. The number of hydrogen-bond acceptors (Lipinski definition) is 5. The SMILES string of the molecule is Cc1c(NC(=O)c2nc(-c3cccs3)n(-c3cccc(F)c3)n2)cccc1C(=O)N1CCCC1. The molecule has 0 atom stereocenters. The lowest BCUT2D eigenvalue weighted by Gasteiger charge is -2.18. The molecule has 0 spiro atoms. The van der Waals surface area contributed by atoms with Crippen molar-refractivity contribution in [2.24, 2.45) is 0 Å². The molecule has 0 radical (unpaired) electrons. The van der Waals surface area contributed by atoms with Crippen LogP contribution in [0.1, 0.15) is 39.4 Å². The predicted octanol–water partition coefficient (Wildman–Crippen LogP) is 4.93. The van der Waals surface area contributed by atoms with Gasteiger partial charge in [-0.3, -0.25) is 9.59 Å². The largest absolute Gasteiger partial charge is 0.339 e. The molecule has 0 unspecified atom stereocenters. The molecule has 1 aliphatic heterocycles. The molecule has 172 valence electrons. The Morgan fingerprint density at radius 3 is 2.59 bits per heavy atom. The maximum Gasteiger partial charge on any atom is 0.295 e. The highest BCUT2D eigenvalue weighted by molar-refractivity contribution is 7.13. The summed E-state index contributed by atoms with van der Waals surface area (Å²) in [6, 6.07) is 15.0. The van der Waals surface area contributed by atoms with E-state index >= 15 is 0 Å². The van der Waals surface area contributed by atoms with Crippen LogP contribution >= 0.6 is 11.3 Å². The molecule has 0 saturated carbocycles. The fourth-order valence-corrected chi connectivity index (χ4v) is 4.73. The van der Waals surface area contributed by atoms with Crippen LogP contribution in [0.25, 0.3) is 16.4 Å². The smallest absolute Gasteiger partial charge is 0.295 e. The van der Waals surface area contributed by atoms with Crippen LogP contribution in [-0.4, -0.2) is 44.6 Å². The summed E-state index contributed by atoms with van der Waals surface area (Å²) in [6.45, 7) is 3.32. The summed E-state index contributed by atoms with van der Waals surface area (Å²) >= 11 is 1.45. The summed E-state index contributed by atoms with van der Waals surface area (Å²) in [5.41, 5.74) is 2.24.